The number of nitrogens with zero attached hydrogens (tertiary/aromatic N) is 2. The van der Waals surface area contributed by atoms with Gasteiger partial charge in [0.05, 0.1) is 18.3 Å². The second-order valence-electron chi connectivity index (χ2n) is 7.42. The summed E-state index contributed by atoms with van der Waals surface area (Å²) in [7, 11) is 1.82. The highest BCUT2D eigenvalue weighted by Gasteiger charge is 2.33. The summed E-state index contributed by atoms with van der Waals surface area (Å²) in [6.45, 7) is 13.4. The summed E-state index contributed by atoms with van der Waals surface area (Å²) in [5.74, 6) is 0.850. The molecule has 0 aromatic heterocycles. The maximum absolute atomic E-state index is 5.84. The van der Waals surface area contributed by atoms with Crippen LogP contribution >= 0.6 is 24.0 Å². The standard InChI is InChI=1S/C17H34N4O2.HI/c1-13-10-21(11-14(2)23-13)17(3,4)12-20-16(18-5)19-9-15-7-6-8-22-15;/h13-15H,6-12H2,1-5H3,(H2,18,19,20);1H. The van der Waals surface area contributed by atoms with Gasteiger partial charge in [-0.05, 0) is 40.5 Å². The van der Waals surface area contributed by atoms with Crippen molar-refractivity contribution >= 4 is 29.9 Å². The Labute approximate surface area is 164 Å². The minimum absolute atomic E-state index is 0. The van der Waals surface area contributed by atoms with Gasteiger partial charge in [0.15, 0.2) is 5.96 Å². The van der Waals surface area contributed by atoms with Gasteiger partial charge < -0.3 is 20.1 Å². The van der Waals surface area contributed by atoms with Gasteiger partial charge in [0.1, 0.15) is 0 Å². The predicted molar refractivity (Wildman–Crippen MR) is 109 cm³/mol. The summed E-state index contributed by atoms with van der Waals surface area (Å²) in [5, 5.41) is 6.84. The lowest BCUT2D eigenvalue weighted by Gasteiger charge is -2.45. The van der Waals surface area contributed by atoms with Crippen molar-refractivity contribution < 1.29 is 9.47 Å². The van der Waals surface area contributed by atoms with E-state index in [9.17, 15) is 0 Å². The van der Waals surface area contributed by atoms with Gasteiger partial charge in [-0.1, -0.05) is 0 Å². The van der Waals surface area contributed by atoms with Crippen LogP contribution in [0.2, 0.25) is 0 Å². The van der Waals surface area contributed by atoms with Crippen LogP contribution < -0.4 is 10.6 Å². The molecule has 0 aliphatic carbocycles. The zero-order valence-corrected chi connectivity index (χ0v) is 18.1. The fourth-order valence-electron chi connectivity index (χ4n) is 3.32. The molecule has 6 nitrogen and oxygen atoms in total. The van der Waals surface area contributed by atoms with Crippen LogP contribution in [0.3, 0.4) is 0 Å². The van der Waals surface area contributed by atoms with Crippen LogP contribution in [-0.2, 0) is 9.47 Å². The summed E-state index contributed by atoms with van der Waals surface area (Å²) >= 11 is 0. The van der Waals surface area contributed by atoms with Gasteiger partial charge in [-0.15, -0.1) is 24.0 Å². The van der Waals surface area contributed by atoms with E-state index in [1.54, 1.807) is 0 Å². The monoisotopic (exact) mass is 454 g/mol. The molecule has 24 heavy (non-hydrogen) atoms. The molecule has 2 heterocycles. The first-order valence-electron chi connectivity index (χ1n) is 8.87. The Kier molecular flexibility index (Phi) is 9.25. The second kappa shape index (κ2) is 10.1. The highest BCUT2D eigenvalue weighted by Crippen LogP contribution is 2.20. The first-order valence-corrected chi connectivity index (χ1v) is 8.87. The van der Waals surface area contributed by atoms with Gasteiger partial charge in [0.25, 0.3) is 0 Å². The van der Waals surface area contributed by atoms with Gasteiger partial charge >= 0.3 is 0 Å². The van der Waals surface area contributed by atoms with Crippen molar-refractivity contribution in [3.63, 3.8) is 0 Å². The van der Waals surface area contributed by atoms with Gasteiger partial charge in [-0.3, -0.25) is 9.89 Å². The Morgan fingerprint density at radius 3 is 2.42 bits per heavy atom. The van der Waals surface area contributed by atoms with Gasteiger partial charge in [-0.2, -0.15) is 0 Å². The van der Waals surface area contributed by atoms with Crippen molar-refractivity contribution in [2.75, 3.05) is 39.8 Å². The van der Waals surface area contributed by atoms with Gasteiger partial charge in [-0.25, -0.2) is 0 Å². The normalized spacial score (nSPS) is 29.2. The smallest absolute Gasteiger partial charge is 0.191 e. The molecule has 2 rings (SSSR count). The van der Waals surface area contributed by atoms with E-state index in [4.69, 9.17) is 9.47 Å². The lowest BCUT2D eigenvalue weighted by atomic mass is 10.00. The minimum Gasteiger partial charge on any atom is -0.376 e. The summed E-state index contributed by atoms with van der Waals surface area (Å²) in [6.07, 6.45) is 3.20. The number of nitrogens with one attached hydrogen (secondary N) is 2. The van der Waals surface area contributed by atoms with Crippen LogP contribution in [0.25, 0.3) is 0 Å². The van der Waals surface area contributed by atoms with Crippen molar-refractivity contribution in [3.8, 4) is 0 Å². The van der Waals surface area contributed by atoms with Crippen LogP contribution in [-0.4, -0.2) is 74.5 Å². The van der Waals surface area contributed by atoms with Crippen LogP contribution in [0.1, 0.15) is 40.5 Å². The van der Waals surface area contributed by atoms with Crippen LogP contribution in [0.4, 0.5) is 0 Å². The lowest BCUT2D eigenvalue weighted by Crippen LogP contribution is -2.59. The molecule has 0 aromatic rings. The first-order chi connectivity index (χ1) is 10.9. The lowest BCUT2D eigenvalue weighted by molar-refractivity contribution is -0.0946. The van der Waals surface area contributed by atoms with Crippen LogP contribution in [0.5, 0.6) is 0 Å². The first kappa shape index (κ1) is 21.9. The second-order valence-corrected chi connectivity index (χ2v) is 7.42. The zero-order chi connectivity index (χ0) is 16.9. The molecule has 0 radical (unpaired) electrons. The zero-order valence-electron chi connectivity index (χ0n) is 15.8. The molecule has 0 spiro atoms. The molecule has 3 unspecified atom stereocenters. The fourth-order valence-corrected chi connectivity index (χ4v) is 3.32. The molecule has 0 bridgehead atoms. The quantitative estimate of drug-likeness (QED) is 0.377. The van der Waals surface area contributed by atoms with E-state index >= 15 is 0 Å². The minimum atomic E-state index is 0. The van der Waals surface area contributed by atoms with Crippen molar-refractivity contribution in [1.29, 1.82) is 0 Å². The summed E-state index contributed by atoms with van der Waals surface area (Å²) < 4.78 is 11.5. The number of ether oxygens (including phenoxy) is 2. The molecule has 3 atom stereocenters. The number of hydrogen-bond acceptors (Lipinski definition) is 4. The van der Waals surface area contributed by atoms with E-state index in [0.29, 0.717) is 6.10 Å². The number of aliphatic imine (C=N–C) groups is 1. The maximum Gasteiger partial charge on any atom is 0.191 e. The average molecular weight is 454 g/mol. The molecule has 2 aliphatic rings. The number of morpholine rings is 1. The number of guanidine groups is 1. The Bertz CT molecular complexity index is 390. The molecule has 0 aromatic carbocycles. The number of halogens is 1. The van der Waals surface area contributed by atoms with Gasteiger partial charge in [0, 0.05) is 45.4 Å². The molecule has 2 aliphatic heterocycles. The van der Waals surface area contributed by atoms with Crippen LogP contribution in [0, 0.1) is 0 Å². The Morgan fingerprint density at radius 2 is 1.88 bits per heavy atom. The van der Waals surface area contributed by atoms with Crippen LogP contribution in [0.15, 0.2) is 4.99 Å². The summed E-state index contributed by atoms with van der Waals surface area (Å²) in [6, 6.07) is 0. The fraction of sp³-hybridized carbons (Fsp3) is 0.941. The third-order valence-electron chi connectivity index (χ3n) is 4.71. The van der Waals surface area contributed by atoms with E-state index in [0.717, 1.165) is 45.2 Å². The molecule has 2 N–H and O–H groups in total. The van der Waals surface area contributed by atoms with E-state index in [1.165, 1.54) is 6.42 Å². The van der Waals surface area contributed by atoms with Crippen molar-refractivity contribution in [2.45, 2.75) is 64.4 Å². The Balaban J connectivity index is 0.00000288. The SMILES string of the molecule is CN=C(NCC1CCCO1)NCC(C)(C)N1CC(C)OC(C)C1.I. The van der Waals surface area contributed by atoms with E-state index in [2.05, 4.69) is 48.2 Å². The molecule has 2 saturated heterocycles. The third-order valence-corrected chi connectivity index (χ3v) is 4.71. The van der Waals surface area contributed by atoms with Crippen molar-refractivity contribution in [2.24, 2.45) is 4.99 Å². The molecule has 142 valence electrons. The molecular weight excluding hydrogens is 419 g/mol. The average Bonchev–Trinajstić information content (AvgIpc) is 2.99. The van der Waals surface area contributed by atoms with Crippen molar-refractivity contribution in [3.05, 3.63) is 0 Å². The van der Waals surface area contributed by atoms with E-state index in [-0.39, 0.29) is 41.7 Å². The molecule has 2 fully saturated rings. The predicted octanol–water partition coefficient (Wildman–Crippen LogP) is 1.84. The maximum atomic E-state index is 5.84. The largest absolute Gasteiger partial charge is 0.376 e. The third kappa shape index (κ3) is 6.65. The molecule has 7 heteroatoms. The van der Waals surface area contributed by atoms with Crippen molar-refractivity contribution in [1.82, 2.24) is 15.5 Å². The highest BCUT2D eigenvalue weighted by molar-refractivity contribution is 14.0. The Morgan fingerprint density at radius 1 is 1.21 bits per heavy atom. The molecule has 0 amide bonds. The number of rotatable bonds is 5. The highest BCUT2D eigenvalue weighted by atomic mass is 127. The van der Waals surface area contributed by atoms with E-state index in [1.807, 2.05) is 7.05 Å². The summed E-state index contributed by atoms with van der Waals surface area (Å²) in [4.78, 5) is 6.83. The number of hydrogen-bond donors (Lipinski definition) is 2. The molecule has 0 saturated carbocycles. The van der Waals surface area contributed by atoms with E-state index < -0.39 is 0 Å². The molecular formula is C17H35IN4O2. The Hall–Kier alpha value is -0.120. The summed E-state index contributed by atoms with van der Waals surface area (Å²) in [5.41, 5.74) is 0.0494. The van der Waals surface area contributed by atoms with Gasteiger partial charge in [0.2, 0.25) is 0 Å². The topological polar surface area (TPSA) is 58.1 Å².